The molecule has 0 spiro atoms. The highest BCUT2D eigenvalue weighted by Crippen LogP contribution is 2.17. The van der Waals surface area contributed by atoms with E-state index in [1.807, 2.05) is 0 Å². The molecule has 1 aromatic carbocycles. The van der Waals surface area contributed by atoms with Crippen LogP contribution in [0.15, 0.2) is 35.7 Å². The normalized spacial score (nSPS) is 10.8. The molecule has 1 aromatic heterocycles. The summed E-state index contributed by atoms with van der Waals surface area (Å²) in [6.07, 6.45) is 2.68. The van der Waals surface area contributed by atoms with Crippen molar-refractivity contribution < 1.29 is 17.9 Å². The average molecular weight is 309 g/mol. The van der Waals surface area contributed by atoms with E-state index < -0.39 is 15.8 Å². The van der Waals surface area contributed by atoms with Crippen molar-refractivity contribution in [3.8, 4) is 11.8 Å². The smallest absolute Gasteiger partial charge is 0.280 e. The first-order valence-electron chi connectivity index (χ1n) is 5.82. The van der Waals surface area contributed by atoms with Gasteiger partial charge in [-0.2, -0.15) is 8.42 Å². The lowest BCUT2D eigenvalue weighted by Gasteiger charge is -2.06. The second-order valence-corrected chi connectivity index (χ2v) is 5.77. The number of anilines is 1. The van der Waals surface area contributed by atoms with Crippen LogP contribution in [-0.2, 0) is 17.1 Å². The number of aliphatic hydroxyl groups excluding tert-OH is 1. The Morgan fingerprint density at radius 3 is 2.81 bits per heavy atom. The predicted molar refractivity (Wildman–Crippen MR) is 74.4 cm³/mol. The third-order valence-electron chi connectivity index (χ3n) is 2.48. The number of rotatable bonds is 3. The molecule has 0 radical (unpaired) electrons. The number of halogens is 1. The Hall–Kier alpha value is -2.37. The van der Waals surface area contributed by atoms with Gasteiger partial charge in [0.15, 0.2) is 5.03 Å². The number of aliphatic hydroxyl groups is 1. The van der Waals surface area contributed by atoms with Crippen molar-refractivity contribution in [2.45, 2.75) is 5.03 Å². The van der Waals surface area contributed by atoms with Gasteiger partial charge in [0.2, 0.25) is 0 Å². The van der Waals surface area contributed by atoms with Gasteiger partial charge in [-0.1, -0.05) is 11.8 Å². The summed E-state index contributed by atoms with van der Waals surface area (Å²) in [7, 11) is -2.22. The maximum atomic E-state index is 13.7. The Morgan fingerprint density at radius 2 is 2.24 bits per heavy atom. The highest BCUT2D eigenvalue weighted by molar-refractivity contribution is 7.92. The van der Waals surface area contributed by atoms with Gasteiger partial charge in [0.05, 0.1) is 17.6 Å². The van der Waals surface area contributed by atoms with Gasteiger partial charge < -0.3 is 9.67 Å². The summed E-state index contributed by atoms with van der Waals surface area (Å²) in [4.78, 5) is 3.73. The van der Waals surface area contributed by atoms with Crippen LogP contribution < -0.4 is 4.72 Å². The maximum Gasteiger partial charge on any atom is 0.280 e. The monoisotopic (exact) mass is 309 g/mol. The van der Waals surface area contributed by atoms with Crippen LogP contribution in [0.1, 0.15) is 5.56 Å². The average Bonchev–Trinajstić information content (AvgIpc) is 2.85. The first-order chi connectivity index (χ1) is 9.92. The van der Waals surface area contributed by atoms with Gasteiger partial charge in [-0.15, -0.1) is 0 Å². The number of imidazole rings is 1. The van der Waals surface area contributed by atoms with Gasteiger partial charge in [-0.05, 0) is 18.2 Å². The van der Waals surface area contributed by atoms with Crippen LogP contribution in [-0.4, -0.2) is 29.7 Å². The number of hydrogen-bond acceptors (Lipinski definition) is 4. The fraction of sp³-hybridized carbons (Fsp3) is 0.154. The molecule has 2 aromatic rings. The molecule has 2 rings (SSSR count). The lowest BCUT2D eigenvalue weighted by atomic mass is 10.2. The standard InChI is InChI=1S/C13H12FN3O3S/c1-17-8-13(15-9-17)21(19,20)16-11-5-4-10(3-2-6-18)12(14)7-11/h4-5,7-9,16,18H,6H2,1H3. The van der Waals surface area contributed by atoms with Gasteiger partial charge in [0.25, 0.3) is 10.0 Å². The molecule has 0 saturated heterocycles. The molecule has 0 bridgehead atoms. The summed E-state index contributed by atoms with van der Waals surface area (Å²) in [5.41, 5.74) is 0.137. The van der Waals surface area contributed by atoms with Crippen molar-refractivity contribution in [3.63, 3.8) is 0 Å². The minimum Gasteiger partial charge on any atom is -0.384 e. The van der Waals surface area contributed by atoms with E-state index in [-0.39, 0.29) is 22.9 Å². The molecule has 0 atom stereocenters. The van der Waals surface area contributed by atoms with Gasteiger partial charge in [0.1, 0.15) is 12.4 Å². The molecular formula is C13H12FN3O3S. The Balaban J connectivity index is 2.26. The van der Waals surface area contributed by atoms with Crippen molar-refractivity contribution >= 4 is 15.7 Å². The molecule has 0 unspecified atom stereocenters. The van der Waals surface area contributed by atoms with E-state index in [1.54, 1.807) is 7.05 Å². The summed E-state index contributed by atoms with van der Waals surface area (Å²) in [6, 6.07) is 3.72. The van der Waals surface area contributed by atoms with E-state index >= 15 is 0 Å². The molecule has 0 aliphatic carbocycles. The number of sulfonamides is 1. The molecule has 21 heavy (non-hydrogen) atoms. The topological polar surface area (TPSA) is 84.2 Å². The molecule has 0 amide bonds. The zero-order chi connectivity index (χ0) is 15.5. The zero-order valence-electron chi connectivity index (χ0n) is 11.0. The van der Waals surface area contributed by atoms with Crippen molar-refractivity contribution in [1.29, 1.82) is 0 Å². The first kappa shape index (κ1) is 15.0. The number of hydrogen-bond donors (Lipinski definition) is 2. The van der Waals surface area contributed by atoms with Crippen molar-refractivity contribution in [2.24, 2.45) is 7.05 Å². The minimum atomic E-state index is -3.86. The van der Waals surface area contributed by atoms with Crippen LogP contribution in [0.25, 0.3) is 0 Å². The molecule has 0 saturated carbocycles. The maximum absolute atomic E-state index is 13.7. The molecule has 6 nitrogen and oxygen atoms in total. The van der Waals surface area contributed by atoms with Gasteiger partial charge in [-0.25, -0.2) is 9.37 Å². The minimum absolute atomic E-state index is 0.0627. The van der Waals surface area contributed by atoms with E-state index in [0.717, 1.165) is 6.07 Å². The van der Waals surface area contributed by atoms with Crippen LogP contribution >= 0.6 is 0 Å². The fourth-order valence-corrected chi connectivity index (χ4v) is 2.58. The van der Waals surface area contributed by atoms with Crippen molar-refractivity contribution in [3.05, 3.63) is 42.1 Å². The number of nitrogens with zero attached hydrogens (tertiary/aromatic N) is 2. The second-order valence-electron chi connectivity index (χ2n) is 4.14. The number of nitrogens with one attached hydrogen (secondary N) is 1. The third-order valence-corrected chi connectivity index (χ3v) is 3.75. The van der Waals surface area contributed by atoms with Crippen molar-refractivity contribution in [1.82, 2.24) is 9.55 Å². The van der Waals surface area contributed by atoms with Crippen LogP contribution in [0, 0.1) is 17.7 Å². The van der Waals surface area contributed by atoms with Gasteiger partial charge >= 0.3 is 0 Å². The van der Waals surface area contributed by atoms with Crippen LogP contribution in [0.4, 0.5) is 10.1 Å². The summed E-state index contributed by atoms with van der Waals surface area (Å²) >= 11 is 0. The molecule has 8 heteroatoms. The summed E-state index contributed by atoms with van der Waals surface area (Å²) < 4.78 is 41.5. The van der Waals surface area contributed by atoms with E-state index in [1.165, 1.54) is 29.2 Å². The van der Waals surface area contributed by atoms with E-state index in [9.17, 15) is 12.8 Å². The Kier molecular flexibility index (Phi) is 4.26. The summed E-state index contributed by atoms with van der Waals surface area (Å²) in [6.45, 7) is -0.381. The summed E-state index contributed by atoms with van der Waals surface area (Å²) in [5, 5.41) is 8.40. The zero-order valence-corrected chi connectivity index (χ0v) is 11.9. The van der Waals surface area contributed by atoms with Crippen LogP contribution in [0.2, 0.25) is 0 Å². The molecule has 1 heterocycles. The lowest BCUT2D eigenvalue weighted by molar-refractivity contribution is 0.350. The van der Waals surface area contributed by atoms with E-state index in [0.29, 0.717) is 0 Å². The Labute approximate surface area is 121 Å². The molecule has 0 aliphatic rings. The van der Waals surface area contributed by atoms with E-state index in [4.69, 9.17) is 5.11 Å². The third kappa shape index (κ3) is 3.59. The Morgan fingerprint density at radius 1 is 1.48 bits per heavy atom. The van der Waals surface area contributed by atoms with E-state index in [2.05, 4.69) is 21.5 Å². The fourth-order valence-electron chi connectivity index (χ4n) is 1.55. The number of benzene rings is 1. The number of aryl methyl sites for hydroxylation is 1. The largest absolute Gasteiger partial charge is 0.384 e. The predicted octanol–water partition coefficient (Wildman–Crippen LogP) is 0.704. The molecule has 0 fully saturated rings. The van der Waals surface area contributed by atoms with Gasteiger partial charge in [-0.3, -0.25) is 4.72 Å². The Bertz CT molecular complexity index is 819. The quantitative estimate of drug-likeness (QED) is 0.818. The van der Waals surface area contributed by atoms with Crippen LogP contribution in [0.5, 0.6) is 0 Å². The highest BCUT2D eigenvalue weighted by Gasteiger charge is 2.17. The van der Waals surface area contributed by atoms with Crippen molar-refractivity contribution in [2.75, 3.05) is 11.3 Å². The SMILES string of the molecule is Cn1cnc(S(=O)(=O)Nc2ccc(C#CCO)c(F)c2)c1. The highest BCUT2D eigenvalue weighted by atomic mass is 32.2. The molecule has 2 N–H and O–H groups in total. The second kappa shape index (κ2) is 5.95. The lowest BCUT2D eigenvalue weighted by Crippen LogP contribution is -2.13. The first-order valence-corrected chi connectivity index (χ1v) is 7.31. The van der Waals surface area contributed by atoms with Gasteiger partial charge in [0, 0.05) is 13.2 Å². The summed E-state index contributed by atoms with van der Waals surface area (Å²) in [5.74, 6) is 4.05. The van der Waals surface area contributed by atoms with Crippen LogP contribution in [0.3, 0.4) is 0 Å². The molecule has 110 valence electrons. The number of aromatic nitrogens is 2. The molecule has 0 aliphatic heterocycles. The molecular weight excluding hydrogens is 297 g/mol.